The van der Waals surface area contributed by atoms with Gasteiger partial charge in [-0.15, -0.1) is 0 Å². The fourth-order valence-corrected chi connectivity index (χ4v) is 1.27. The Labute approximate surface area is 99.8 Å². The van der Waals surface area contributed by atoms with Crippen LogP contribution in [0.25, 0.3) is 0 Å². The number of hydrogen-bond donors (Lipinski definition) is 0. The first-order valence-electron chi connectivity index (χ1n) is 2.93. The summed E-state index contributed by atoms with van der Waals surface area (Å²) < 4.78 is 11.0. The predicted octanol–water partition coefficient (Wildman–Crippen LogP) is 1.94. The van der Waals surface area contributed by atoms with E-state index in [1.165, 1.54) is 5.41 Å². The molecule has 1 aromatic rings. The van der Waals surface area contributed by atoms with Gasteiger partial charge in [0.25, 0.3) is 0 Å². The minimum atomic E-state index is -1.03. The maximum absolute atomic E-state index is 11.0. The van der Waals surface area contributed by atoms with E-state index in [-0.39, 0.29) is 38.6 Å². The predicted molar refractivity (Wildman–Crippen MR) is 43.0 cm³/mol. The van der Waals surface area contributed by atoms with Crippen LogP contribution in [0.15, 0.2) is 47.2 Å². The molecule has 0 saturated heterocycles. The van der Waals surface area contributed by atoms with Crippen LogP contribution in [0, 0.1) is 38.6 Å². The van der Waals surface area contributed by atoms with E-state index in [4.69, 9.17) is 0 Å². The van der Waals surface area contributed by atoms with Crippen LogP contribution in [-0.4, -0.2) is 4.21 Å². The molecule has 58 valence electrons. The third-order valence-corrected chi connectivity index (χ3v) is 2.17. The molecule has 3 heteroatoms. The summed E-state index contributed by atoms with van der Waals surface area (Å²) in [6.07, 6.45) is 0. The summed E-state index contributed by atoms with van der Waals surface area (Å²) in [5, 5.41) is 1.43. The zero-order valence-corrected chi connectivity index (χ0v) is 8.78. The molecule has 0 bridgehead atoms. The Morgan fingerprint density at radius 3 is 2.27 bits per heavy atom. The Hall–Kier alpha value is 0.396. The van der Waals surface area contributed by atoms with E-state index < -0.39 is 10.8 Å². The molecule has 0 aromatic heterocycles. The average molecular weight is 311 g/mol. The minimum absolute atomic E-state index is 0. The molecule has 0 amide bonds. The van der Waals surface area contributed by atoms with Gasteiger partial charge in [0.15, 0.2) is 0 Å². The van der Waals surface area contributed by atoms with Gasteiger partial charge < -0.3 is 0 Å². The molecule has 0 aliphatic heterocycles. The van der Waals surface area contributed by atoms with Crippen LogP contribution in [0.5, 0.6) is 0 Å². The maximum atomic E-state index is 11.0. The SMILES string of the molecule is C=CS(=O)c1ccccc1.[Tb+3]. The second kappa shape index (κ2) is 5.97. The van der Waals surface area contributed by atoms with E-state index in [0.717, 1.165) is 4.90 Å². The van der Waals surface area contributed by atoms with Crippen LogP contribution < -0.4 is 0 Å². The normalized spacial score (nSPS) is 11.3. The van der Waals surface area contributed by atoms with Crippen molar-refractivity contribution in [1.82, 2.24) is 0 Å². The van der Waals surface area contributed by atoms with Crippen LogP contribution in [0.2, 0.25) is 0 Å². The van der Waals surface area contributed by atoms with Crippen molar-refractivity contribution in [3.63, 3.8) is 0 Å². The van der Waals surface area contributed by atoms with Crippen molar-refractivity contribution in [2.75, 3.05) is 0 Å². The van der Waals surface area contributed by atoms with Gasteiger partial charge in [-0.25, -0.2) is 4.21 Å². The Morgan fingerprint density at radius 2 is 1.82 bits per heavy atom. The van der Waals surface area contributed by atoms with Gasteiger partial charge in [0.1, 0.15) is 0 Å². The molecule has 0 spiro atoms. The van der Waals surface area contributed by atoms with Crippen molar-refractivity contribution < 1.29 is 42.8 Å². The molecule has 0 aliphatic rings. The summed E-state index contributed by atoms with van der Waals surface area (Å²) in [6, 6.07) is 9.24. The van der Waals surface area contributed by atoms with Gasteiger partial charge in [0, 0.05) is 10.3 Å². The molecular weight excluding hydrogens is 303 g/mol. The Bertz CT molecular complexity index is 246. The summed E-state index contributed by atoms with van der Waals surface area (Å²) in [5.74, 6) is 0. The summed E-state index contributed by atoms with van der Waals surface area (Å²) >= 11 is 0. The summed E-state index contributed by atoms with van der Waals surface area (Å²) in [6.45, 7) is 3.44. The fourth-order valence-electron chi connectivity index (χ4n) is 0.651. The van der Waals surface area contributed by atoms with E-state index in [0.29, 0.717) is 0 Å². The molecule has 0 heterocycles. The van der Waals surface area contributed by atoms with Crippen molar-refractivity contribution in [1.29, 1.82) is 0 Å². The second-order valence-electron chi connectivity index (χ2n) is 1.78. The Morgan fingerprint density at radius 1 is 1.27 bits per heavy atom. The van der Waals surface area contributed by atoms with Crippen LogP contribution in [-0.2, 0) is 10.8 Å². The van der Waals surface area contributed by atoms with Crippen LogP contribution >= 0.6 is 0 Å². The first-order chi connectivity index (χ1) is 4.84. The van der Waals surface area contributed by atoms with E-state index >= 15 is 0 Å². The van der Waals surface area contributed by atoms with Crippen LogP contribution in [0.4, 0.5) is 0 Å². The van der Waals surface area contributed by atoms with Crippen LogP contribution in [0.1, 0.15) is 0 Å². The van der Waals surface area contributed by atoms with E-state index in [1.54, 1.807) is 0 Å². The van der Waals surface area contributed by atoms with Gasteiger partial charge in [-0.1, -0.05) is 24.8 Å². The number of hydrogen-bond acceptors (Lipinski definition) is 1. The summed E-state index contributed by atoms with van der Waals surface area (Å²) in [4.78, 5) is 0.803. The molecule has 0 aliphatic carbocycles. The Balaban J connectivity index is 0.000001000. The molecular formula is C8H8OSTb+3. The fraction of sp³-hybridized carbons (Fsp3) is 0. The second-order valence-corrected chi connectivity index (χ2v) is 3.18. The topological polar surface area (TPSA) is 17.1 Å². The third kappa shape index (κ3) is 3.54. The first-order valence-corrected chi connectivity index (χ1v) is 4.14. The largest absolute Gasteiger partial charge is 3.00 e. The monoisotopic (exact) mass is 311 g/mol. The zero-order chi connectivity index (χ0) is 7.40. The molecule has 1 aromatic carbocycles. The molecule has 0 N–H and O–H groups in total. The van der Waals surface area contributed by atoms with Crippen molar-refractivity contribution >= 4 is 10.8 Å². The van der Waals surface area contributed by atoms with Gasteiger partial charge in [-0.2, -0.15) is 0 Å². The minimum Gasteiger partial charge on any atom is -0.250 e. The van der Waals surface area contributed by atoms with Crippen molar-refractivity contribution in [2.45, 2.75) is 4.90 Å². The summed E-state index contributed by atoms with van der Waals surface area (Å²) in [7, 11) is -1.03. The molecule has 1 rings (SSSR count). The van der Waals surface area contributed by atoms with Crippen molar-refractivity contribution in [3.8, 4) is 0 Å². The average Bonchev–Trinajstić information content (AvgIpc) is 2.05. The quantitative estimate of drug-likeness (QED) is 0.816. The van der Waals surface area contributed by atoms with Gasteiger partial charge >= 0.3 is 38.6 Å². The molecule has 0 fully saturated rings. The number of benzene rings is 1. The van der Waals surface area contributed by atoms with Gasteiger partial charge in [-0.3, -0.25) is 0 Å². The molecule has 1 atom stereocenters. The van der Waals surface area contributed by atoms with E-state index in [9.17, 15) is 4.21 Å². The Kier molecular flexibility index (Phi) is 6.19. The van der Waals surface area contributed by atoms with Gasteiger partial charge in [-0.05, 0) is 12.1 Å². The van der Waals surface area contributed by atoms with E-state index in [1.807, 2.05) is 30.3 Å². The molecule has 0 radical (unpaired) electrons. The van der Waals surface area contributed by atoms with Crippen LogP contribution in [0.3, 0.4) is 0 Å². The van der Waals surface area contributed by atoms with Gasteiger partial charge in [0.2, 0.25) is 0 Å². The molecule has 0 saturated carbocycles. The number of rotatable bonds is 2. The van der Waals surface area contributed by atoms with Gasteiger partial charge in [0.05, 0.1) is 10.8 Å². The summed E-state index contributed by atoms with van der Waals surface area (Å²) in [5.41, 5.74) is 0. The molecule has 1 unspecified atom stereocenters. The maximum Gasteiger partial charge on any atom is 3.00 e. The smallest absolute Gasteiger partial charge is 0.250 e. The molecule has 1 nitrogen and oxygen atoms in total. The van der Waals surface area contributed by atoms with E-state index in [2.05, 4.69) is 6.58 Å². The van der Waals surface area contributed by atoms with Crippen molar-refractivity contribution in [3.05, 3.63) is 42.3 Å². The third-order valence-electron chi connectivity index (χ3n) is 1.13. The standard InChI is InChI=1S/C8H8OS.Tb/c1-2-10(9)8-6-4-3-5-7-8;/h2-7H,1H2;/q;+3. The first kappa shape index (κ1) is 11.4. The van der Waals surface area contributed by atoms with Crippen molar-refractivity contribution in [2.24, 2.45) is 0 Å². The molecule has 11 heavy (non-hydrogen) atoms. The zero-order valence-electron chi connectivity index (χ0n) is 5.82.